The first-order chi connectivity index (χ1) is 8.70. The largest absolute Gasteiger partial charge is 0.447 e. The van der Waals surface area contributed by atoms with Crippen LogP contribution in [0.25, 0.3) is 0 Å². The number of carbonyl (C=O) groups excluding carboxylic acids is 2. The summed E-state index contributed by atoms with van der Waals surface area (Å²) in [6.45, 7) is 3.33. The molecule has 1 aromatic rings. The van der Waals surface area contributed by atoms with E-state index in [0.29, 0.717) is 31.1 Å². The molecule has 2 N–H and O–H groups in total. The molecule has 0 aromatic heterocycles. The number of urea groups is 1. The zero-order valence-corrected chi connectivity index (χ0v) is 10.1. The van der Waals surface area contributed by atoms with Crippen LogP contribution in [0.15, 0.2) is 24.3 Å². The normalized spacial score (nSPS) is 14.3. The monoisotopic (exact) mass is 249 g/mol. The molecule has 0 atom stereocenters. The van der Waals surface area contributed by atoms with Crippen molar-refractivity contribution in [1.29, 1.82) is 0 Å². The zero-order valence-electron chi connectivity index (χ0n) is 10.1. The summed E-state index contributed by atoms with van der Waals surface area (Å²) in [7, 11) is 0. The predicted molar refractivity (Wildman–Crippen MR) is 67.8 cm³/mol. The Morgan fingerprint density at radius 2 is 2.33 bits per heavy atom. The molecule has 1 aliphatic heterocycles. The highest BCUT2D eigenvalue weighted by Crippen LogP contribution is 2.22. The number of ether oxygens (including phenoxy) is 1. The molecule has 1 aromatic carbocycles. The van der Waals surface area contributed by atoms with E-state index < -0.39 is 0 Å². The van der Waals surface area contributed by atoms with Gasteiger partial charge in [-0.1, -0.05) is 6.07 Å². The Balaban J connectivity index is 2.10. The van der Waals surface area contributed by atoms with E-state index in [1.165, 1.54) is 4.90 Å². The minimum Gasteiger partial charge on any atom is -0.447 e. The third kappa shape index (κ3) is 2.71. The van der Waals surface area contributed by atoms with Gasteiger partial charge in [0.25, 0.3) is 0 Å². The average molecular weight is 249 g/mol. The quantitative estimate of drug-likeness (QED) is 0.857. The van der Waals surface area contributed by atoms with Crippen molar-refractivity contribution in [2.45, 2.75) is 6.92 Å². The molecule has 0 saturated carbocycles. The Hall–Kier alpha value is -2.24. The lowest BCUT2D eigenvalue weighted by atomic mass is 10.2. The Morgan fingerprint density at radius 3 is 3.00 bits per heavy atom. The van der Waals surface area contributed by atoms with Crippen LogP contribution in [0.4, 0.5) is 21.0 Å². The van der Waals surface area contributed by atoms with Crippen LogP contribution in [0.5, 0.6) is 0 Å². The second-order valence-electron chi connectivity index (χ2n) is 3.80. The van der Waals surface area contributed by atoms with E-state index >= 15 is 0 Å². The van der Waals surface area contributed by atoms with Crippen LogP contribution in [0.1, 0.15) is 6.92 Å². The number of hydrogen-bond acceptors (Lipinski definition) is 3. The van der Waals surface area contributed by atoms with Crippen LogP contribution in [0.3, 0.4) is 0 Å². The van der Waals surface area contributed by atoms with Gasteiger partial charge in [0.05, 0.1) is 6.54 Å². The number of carbonyl (C=O) groups is 2. The standard InChI is InChI=1S/C12H15N3O3/c1-2-13-11(16)14-9-4-3-5-10(8-9)15-6-7-18-12(15)17/h3-5,8H,2,6-7H2,1H3,(H2,13,14,16). The van der Waals surface area contributed by atoms with Gasteiger partial charge >= 0.3 is 12.1 Å². The van der Waals surface area contributed by atoms with Crippen molar-refractivity contribution in [1.82, 2.24) is 5.32 Å². The summed E-state index contributed by atoms with van der Waals surface area (Å²) in [5.74, 6) is 0. The number of anilines is 2. The summed E-state index contributed by atoms with van der Waals surface area (Å²) in [6.07, 6.45) is -0.356. The molecule has 0 unspecified atom stereocenters. The molecule has 0 bridgehead atoms. The average Bonchev–Trinajstić information content (AvgIpc) is 2.76. The van der Waals surface area contributed by atoms with E-state index in [0.717, 1.165) is 0 Å². The van der Waals surface area contributed by atoms with Gasteiger partial charge < -0.3 is 15.4 Å². The molecule has 0 spiro atoms. The van der Waals surface area contributed by atoms with E-state index in [1.54, 1.807) is 24.3 Å². The number of nitrogens with one attached hydrogen (secondary N) is 2. The lowest BCUT2D eigenvalue weighted by Crippen LogP contribution is -2.28. The second kappa shape index (κ2) is 5.39. The SMILES string of the molecule is CCNC(=O)Nc1cccc(N2CCOC2=O)c1. The number of hydrogen-bond donors (Lipinski definition) is 2. The molecule has 1 aliphatic rings. The van der Waals surface area contributed by atoms with Crippen LogP contribution < -0.4 is 15.5 Å². The molecule has 96 valence electrons. The van der Waals surface area contributed by atoms with E-state index in [2.05, 4.69) is 10.6 Å². The van der Waals surface area contributed by atoms with Crippen molar-refractivity contribution in [2.75, 3.05) is 29.9 Å². The van der Waals surface area contributed by atoms with Gasteiger partial charge in [-0.05, 0) is 25.1 Å². The van der Waals surface area contributed by atoms with Crippen molar-refractivity contribution in [3.63, 3.8) is 0 Å². The van der Waals surface area contributed by atoms with Crippen LogP contribution in [0, 0.1) is 0 Å². The van der Waals surface area contributed by atoms with Crippen LogP contribution in [-0.2, 0) is 4.74 Å². The van der Waals surface area contributed by atoms with Gasteiger partial charge in [-0.15, -0.1) is 0 Å². The minimum atomic E-state index is -0.356. The fraction of sp³-hybridized carbons (Fsp3) is 0.333. The number of nitrogens with zero attached hydrogens (tertiary/aromatic N) is 1. The fourth-order valence-corrected chi connectivity index (χ4v) is 1.72. The third-order valence-corrected chi connectivity index (χ3v) is 2.51. The fourth-order valence-electron chi connectivity index (χ4n) is 1.72. The highest BCUT2D eigenvalue weighted by molar-refractivity contribution is 5.92. The first kappa shape index (κ1) is 12.2. The summed E-state index contributed by atoms with van der Waals surface area (Å²) in [6, 6.07) is 6.82. The predicted octanol–water partition coefficient (Wildman–Crippen LogP) is 1.78. The van der Waals surface area contributed by atoms with Crippen molar-refractivity contribution in [3.8, 4) is 0 Å². The maximum absolute atomic E-state index is 11.4. The maximum atomic E-state index is 11.4. The topological polar surface area (TPSA) is 70.7 Å². The molecular formula is C12H15N3O3. The van der Waals surface area contributed by atoms with E-state index in [1.807, 2.05) is 6.92 Å². The molecule has 2 rings (SSSR count). The van der Waals surface area contributed by atoms with Crippen molar-refractivity contribution >= 4 is 23.5 Å². The molecule has 1 fully saturated rings. The highest BCUT2D eigenvalue weighted by Gasteiger charge is 2.23. The molecular weight excluding hydrogens is 234 g/mol. The Labute approximate surface area is 105 Å². The molecule has 1 saturated heterocycles. The van der Waals surface area contributed by atoms with Gasteiger partial charge in [0.15, 0.2) is 0 Å². The lowest BCUT2D eigenvalue weighted by molar-refractivity contribution is 0.181. The molecule has 3 amide bonds. The van der Waals surface area contributed by atoms with Crippen molar-refractivity contribution in [3.05, 3.63) is 24.3 Å². The van der Waals surface area contributed by atoms with Gasteiger partial charge in [0.2, 0.25) is 0 Å². The van der Waals surface area contributed by atoms with Gasteiger partial charge in [-0.3, -0.25) is 4.90 Å². The number of rotatable bonds is 3. The first-order valence-corrected chi connectivity index (χ1v) is 5.80. The molecule has 6 nitrogen and oxygen atoms in total. The van der Waals surface area contributed by atoms with Crippen molar-refractivity contribution in [2.24, 2.45) is 0 Å². The van der Waals surface area contributed by atoms with Gasteiger partial charge in [-0.2, -0.15) is 0 Å². The number of amides is 3. The second-order valence-corrected chi connectivity index (χ2v) is 3.80. The van der Waals surface area contributed by atoms with Crippen LogP contribution in [0.2, 0.25) is 0 Å². The summed E-state index contributed by atoms with van der Waals surface area (Å²) in [5.41, 5.74) is 1.35. The first-order valence-electron chi connectivity index (χ1n) is 5.80. The van der Waals surface area contributed by atoms with E-state index in [9.17, 15) is 9.59 Å². The van der Waals surface area contributed by atoms with Crippen LogP contribution in [-0.4, -0.2) is 31.8 Å². The summed E-state index contributed by atoms with van der Waals surface area (Å²) in [4.78, 5) is 24.3. The van der Waals surface area contributed by atoms with Crippen molar-refractivity contribution < 1.29 is 14.3 Å². The molecule has 1 heterocycles. The van der Waals surface area contributed by atoms with Gasteiger partial charge in [0, 0.05) is 17.9 Å². The number of cyclic esters (lactones) is 1. The Bertz CT molecular complexity index is 462. The van der Waals surface area contributed by atoms with Gasteiger partial charge in [0.1, 0.15) is 6.61 Å². The number of benzene rings is 1. The van der Waals surface area contributed by atoms with Crippen LogP contribution >= 0.6 is 0 Å². The highest BCUT2D eigenvalue weighted by atomic mass is 16.6. The van der Waals surface area contributed by atoms with Gasteiger partial charge in [-0.25, -0.2) is 9.59 Å². The lowest BCUT2D eigenvalue weighted by Gasteiger charge is -2.14. The summed E-state index contributed by atoms with van der Waals surface area (Å²) in [5, 5.41) is 5.33. The zero-order chi connectivity index (χ0) is 13.0. The maximum Gasteiger partial charge on any atom is 0.414 e. The summed E-state index contributed by atoms with van der Waals surface area (Å²) < 4.78 is 4.87. The third-order valence-electron chi connectivity index (χ3n) is 2.51. The molecule has 0 radical (unpaired) electrons. The summed E-state index contributed by atoms with van der Waals surface area (Å²) >= 11 is 0. The van der Waals surface area contributed by atoms with E-state index in [-0.39, 0.29) is 12.1 Å². The smallest absolute Gasteiger partial charge is 0.414 e. The Morgan fingerprint density at radius 1 is 1.50 bits per heavy atom. The van der Waals surface area contributed by atoms with E-state index in [4.69, 9.17) is 4.74 Å². The molecule has 0 aliphatic carbocycles. The molecule has 6 heteroatoms. The minimum absolute atomic E-state index is 0.265. The Kier molecular flexibility index (Phi) is 3.66. The molecule has 18 heavy (non-hydrogen) atoms.